The SMILES string of the molecule is C/C=C1/NC(=O)[C@H]([C@H](C)O)NC(=O)[C@H](CCN)NC(=O)[C@H](CCCCN)NC(=O)[C@H](CC(=O)NCCCCC)NC(=O)[C@@H](CCN)NC(=O)[C@@H](NC(=O)C[C@@H](O)CCCCCCCCCCC)COC(=O)[C@H]([C@H](O)CCl)NC(=O)[C@H](C(O)C(=O)O)NC1=O. The fraction of sp³-hybridized carbons (Fsp3) is 0.750. The minimum Gasteiger partial charge on any atom is -0.479 e. The van der Waals surface area contributed by atoms with Crippen LogP contribution in [0.2, 0.25) is 0 Å². The molecule has 0 spiro atoms. The quantitative estimate of drug-likeness (QED) is 0.0132. The molecule has 0 aromatic carbocycles. The second kappa shape index (κ2) is 44.8. The van der Waals surface area contributed by atoms with Gasteiger partial charge in [-0.1, -0.05) is 90.6 Å². The number of carboxylic acid groups (broad SMARTS) is 1. The number of allylic oxidation sites excluding steroid dienone is 1. The van der Waals surface area contributed by atoms with Gasteiger partial charge in [0.1, 0.15) is 54.6 Å². The van der Waals surface area contributed by atoms with Gasteiger partial charge in [-0.2, -0.15) is 0 Å². The van der Waals surface area contributed by atoms with Gasteiger partial charge in [0, 0.05) is 6.54 Å². The molecule has 502 valence electrons. The van der Waals surface area contributed by atoms with Crippen LogP contribution < -0.4 is 70.4 Å². The number of carboxylic acids is 1. The monoisotopic (exact) mass is 1280 g/mol. The zero-order chi connectivity index (χ0) is 66.3. The summed E-state index contributed by atoms with van der Waals surface area (Å²) < 4.78 is 5.34. The molecule has 0 aliphatic carbocycles. The number of rotatable bonds is 32. The fourth-order valence-electron chi connectivity index (χ4n) is 8.91. The summed E-state index contributed by atoms with van der Waals surface area (Å²) in [6.45, 7) is 4.89. The maximum Gasteiger partial charge on any atom is 0.335 e. The summed E-state index contributed by atoms with van der Waals surface area (Å²) in [7, 11) is 0. The Kier molecular flexibility index (Phi) is 40.4. The van der Waals surface area contributed by atoms with Gasteiger partial charge in [-0.15, -0.1) is 11.6 Å². The lowest BCUT2D eigenvalue weighted by molar-refractivity contribution is -0.155. The summed E-state index contributed by atoms with van der Waals surface area (Å²) in [5.74, 6) is -16.4. The van der Waals surface area contributed by atoms with Gasteiger partial charge in [0.15, 0.2) is 12.1 Å². The van der Waals surface area contributed by atoms with Crippen LogP contribution in [0.3, 0.4) is 0 Å². The predicted octanol–water partition coefficient (Wildman–Crippen LogP) is -3.94. The number of hydrogen-bond donors (Lipinski definition) is 18. The van der Waals surface area contributed by atoms with E-state index in [2.05, 4.69) is 49.5 Å². The van der Waals surface area contributed by atoms with E-state index in [-0.39, 0.29) is 58.3 Å². The molecule has 0 aromatic rings. The van der Waals surface area contributed by atoms with Crippen molar-refractivity contribution in [3.8, 4) is 0 Å². The van der Waals surface area contributed by atoms with Gasteiger partial charge in [0.25, 0.3) is 5.91 Å². The molecule has 1 saturated heterocycles. The molecule has 21 N–H and O–H groups in total. The number of nitrogens with one attached hydrogen (secondary N) is 10. The van der Waals surface area contributed by atoms with Gasteiger partial charge in [-0.3, -0.25) is 47.9 Å². The molecule has 1 unspecified atom stereocenters. The van der Waals surface area contributed by atoms with Crippen molar-refractivity contribution in [2.24, 2.45) is 17.2 Å². The predicted molar refractivity (Wildman–Crippen MR) is 320 cm³/mol. The zero-order valence-corrected chi connectivity index (χ0v) is 51.8. The summed E-state index contributed by atoms with van der Waals surface area (Å²) in [6, 6.07) is -15.4. The number of carbonyl (C=O) groups is 12. The van der Waals surface area contributed by atoms with E-state index >= 15 is 0 Å². The summed E-state index contributed by atoms with van der Waals surface area (Å²) in [5, 5.41) is 76.0. The van der Waals surface area contributed by atoms with Crippen LogP contribution in [0.25, 0.3) is 0 Å². The number of unbranched alkanes of at least 4 members (excludes halogenated alkanes) is 11. The molecule has 12 atom stereocenters. The van der Waals surface area contributed by atoms with Gasteiger partial charge in [0.05, 0.1) is 37.0 Å². The molecule has 0 bridgehead atoms. The molecule has 88 heavy (non-hydrogen) atoms. The number of esters is 1. The molecule has 1 aliphatic heterocycles. The minimum atomic E-state index is -2.82. The summed E-state index contributed by atoms with van der Waals surface area (Å²) in [5.41, 5.74) is 16.7. The van der Waals surface area contributed by atoms with Gasteiger partial charge in [-0.05, 0) is 78.4 Å². The lowest BCUT2D eigenvalue weighted by Gasteiger charge is -2.29. The van der Waals surface area contributed by atoms with Crippen LogP contribution in [-0.2, 0) is 62.3 Å². The smallest absolute Gasteiger partial charge is 0.335 e. The Morgan fingerprint density at radius 3 is 1.65 bits per heavy atom. The third-order valence-electron chi connectivity index (χ3n) is 14.1. The number of cyclic esters (lactones) is 1. The van der Waals surface area contributed by atoms with Gasteiger partial charge >= 0.3 is 11.9 Å². The van der Waals surface area contributed by atoms with Crippen LogP contribution in [0.15, 0.2) is 11.8 Å². The van der Waals surface area contributed by atoms with Crippen LogP contribution >= 0.6 is 11.6 Å². The Bertz CT molecular complexity index is 2280. The Labute approximate surface area is 518 Å². The molecule has 10 amide bonds. The molecule has 0 aromatic heterocycles. The Morgan fingerprint density at radius 1 is 0.602 bits per heavy atom. The summed E-state index contributed by atoms with van der Waals surface area (Å²) in [6.07, 6.45) is 2.49. The van der Waals surface area contributed by atoms with E-state index < -0.39 is 175 Å². The van der Waals surface area contributed by atoms with Crippen molar-refractivity contribution >= 4 is 82.6 Å². The lowest BCUT2D eigenvalue weighted by atomic mass is 10.0. The molecular weight excluding hydrogens is 1180 g/mol. The largest absolute Gasteiger partial charge is 0.479 e. The Hall–Kier alpha value is -6.61. The second-order valence-corrected chi connectivity index (χ2v) is 21.8. The van der Waals surface area contributed by atoms with Crippen LogP contribution in [-0.4, -0.2) is 208 Å². The molecule has 1 heterocycles. The minimum absolute atomic E-state index is 0.139. The van der Waals surface area contributed by atoms with Gasteiger partial charge in [-0.25, -0.2) is 9.59 Å². The molecule has 1 rings (SSSR count). The third-order valence-corrected chi connectivity index (χ3v) is 14.4. The number of ether oxygens (including phenoxy) is 1. The highest BCUT2D eigenvalue weighted by atomic mass is 35.5. The summed E-state index contributed by atoms with van der Waals surface area (Å²) in [4.78, 5) is 166. The first-order valence-corrected chi connectivity index (χ1v) is 30.8. The van der Waals surface area contributed by atoms with Crippen molar-refractivity contribution < 1.29 is 87.8 Å². The molecule has 0 radical (unpaired) electrons. The number of alkyl halides is 1. The highest BCUT2D eigenvalue weighted by Gasteiger charge is 2.41. The molecule has 1 aliphatic rings. The van der Waals surface area contributed by atoms with Crippen molar-refractivity contribution in [2.75, 3.05) is 38.7 Å². The molecular formula is C56H98ClN13O18. The second-order valence-electron chi connectivity index (χ2n) is 21.5. The van der Waals surface area contributed by atoms with Crippen molar-refractivity contribution in [1.29, 1.82) is 0 Å². The summed E-state index contributed by atoms with van der Waals surface area (Å²) >= 11 is 5.90. The first-order chi connectivity index (χ1) is 41.8. The number of aliphatic hydroxyl groups excluding tert-OH is 4. The number of hydrogen-bond acceptors (Lipinski definition) is 20. The number of carbonyl (C=O) groups excluding carboxylic acids is 11. The average Bonchev–Trinajstić information content (AvgIpc) is 1.84. The molecule has 32 heteroatoms. The lowest BCUT2D eigenvalue weighted by Crippen LogP contribution is -2.62. The number of halogens is 1. The highest BCUT2D eigenvalue weighted by Crippen LogP contribution is 2.14. The number of aliphatic hydroxyl groups is 4. The standard InChI is InChI=1S/C56H98ClN13O18/c1-5-8-10-11-12-13-14-15-16-20-33(72)28-42(75)62-39-31-88-56(87)44(40(73)30-57)69-54(84)45(46(76)55(85)86)70-47(77)34(7-3)63-53(83)43(32(4)71)68-50(80)37(23-26-60)65-48(78)35(21-17-18-24-58)64-51(81)38(29-41(74)61-27-19-9-6-2)67-49(79)36(22-25-59)66-52(39)82/h7,32-33,35-40,43-46,71-73,76H,5-6,8-31,58-60H2,1-4H3,(H,61,74)(H,62,75)(H,63,83)(H,64,81)(H,65,78)(H,66,82)(H,67,79)(H,68,80)(H,69,84)(H,70,77)(H,85,86)/b34-7+/t32-,33-,35-,36+,37-,38-,39-,40+,43-,44-,45-,46?/m0/s1. The molecule has 1 fully saturated rings. The van der Waals surface area contributed by atoms with Crippen LogP contribution in [0.5, 0.6) is 0 Å². The third kappa shape index (κ3) is 30.5. The van der Waals surface area contributed by atoms with Gasteiger partial charge < -0.3 is 101 Å². The van der Waals surface area contributed by atoms with E-state index in [9.17, 15) is 83.1 Å². The van der Waals surface area contributed by atoms with E-state index in [1.807, 2.05) is 17.6 Å². The number of amides is 10. The van der Waals surface area contributed by atoms with Crippen molar-refractivity contribution in [1.82, 2.24) is 53.2 Å². The maximum atomic E-state index is 14.4. The molecule has 0 saturated carbocycles. The van der Waals surface area contributed by atoms with E-state index in [1.54, 1.807) is 0 Å². The zero-order valence-electron chi connectivity index (χ0n) is 51.0. The van der Waals surface area contributed by atoms with Crippen LogP contribution in [0.1, 0.15) is 156 Å². The average molecular weight is 1280 g/mol. The van der Waals surface area contributed by atoms with E-state index in [0.717, 1.165) is 77.2 Å². The van der Waals surface area contributed by atoms with Crippen molar-refractivity contribution in [3.05, 3.63) is 11.8 Å². The number of nitrogens with two attached hydrogens (primary N) is 3. The first kappa shape index (κ1) is 79.4. The van der Waals surface area contributed by atoms with E-state index in [1.165, 1.54) is 6.92 Å². The Morgan fingerprint density at radius 2 is 1.11 bits per heavy atom. The number of aliphatic carboxylic acids is 1. The van der Waals surface area contributed by atoms with Gasteiger partial charge in [0.2, 0.25) is 53.2 Å². The normalized spacial score (nSPS) is 23.8. The van der Waals surface area contributed by atoms with Crippen molar-refractivity contribution in [2.45, 2.75) is 229 Å². The maximum absolute atomic E-state index is 14.4. The van der Waals surface area contributed by atoms with Crippen LogP contribution in [0.4, 0.5) is 0 Å². The fourth-order valence-corrected chi connectivity index (χ4v) is 9.09. The van der Waals surface area contributed by atoms with Crippen molar-refractivity contribution in [3.63, 3.8) is 0 Å². The van der Waals surface area contributed by atoms with Crippen LogP contribution in [0, 0.1) is 0 Å². The van der Waals surface area contributed by atoms with E-state index in [4.69, 9.17) is 33.5 Å². The Balaban J connectivity index is 4.11. The highest BCUT2D eigenvalue weighted by molar-refractivity contribution is 6.18. The first-order valence-electron chi connectivity index (χ1n) is 30.3. The topological polar surface area (TPSA) is 514 Å². The van der Waals surface area contributed by atoms with E-state index in [0.29, 0.717) is 19.3 Å². The molecule has 31 nitrogen and oxygen atoms in total.